The minimum atomic E-state index is -0.933. The maximum Gasteiger partial charge on any atom is 0.317 e. The zero-order chi connectivity index (χ0) is 14.3. The molecule has 0 aromatic carbocycles. The third kappa shape index (κ3) is 5.35. The number of aliphatic hydroxyl groups excluding tert-OH is 1. The lowest BCUT2D eigenvalue weighted by Gasteiger charge is -2.35. The Balaban J connectivity index is 4.54. The average molecular weight is 260 g/mol. The van der Waals surface area contributed by atoms with E-state index in [-0.39, 0.29) is 25.1 Å². The van der Waals surface area contributed by atoms with E-state index in [1.165, 1.54) is 4.90 Å². The number of nitrogens with one attached hydrogen (secondary N) is 1. The Morgan fingerprint density at radius 2 is 1.94 bits per heavy atom. The number of carboxylic acids is 1. The second-order valence-electron chi connectivity index (χ2n) is 5.06. The van der Waals surface area contributed by atoms with Gasteiger partial charge in [0, 0.05) is 13.1 Å². The van der Waals surface area contributed by atoms with Crippen molar-refractivity contribution in [2.75, 3.05) is 13.7 Å². The van der Waals surface area contributed by atoms with Gasteiger partial charge >= 0.3 is 12.0 Å². The number of amides is 2. The molecule has 106 valence electrons. The van der Waals surface area contributed by atoms with E-state index in [2.05, 4.69) is 5.32 Å². The van der Waals surface area contributed by atoms with E-state index in [4.69, 9.17) is 5.11 Å². The van der Waals surface area contributed by atoms with Gasteiger partial charge in [0.05, 0.1) is 18.6 Å². The molecule has 0 aliphatic heterocycles. The van der Waals surface area contributed by atoms with Crippen LogP contribution in [0.25, 0.3) is 0 Å². The molecule has 2 amide bonds. The zero-order valence-corrected chi connectivity index (χ0v) is 11.6. The molecule has 0 aromatic rings. The van der Waals surface area contributed by atoms with Crippen LogP contribution < -0.4 is 5.32 Å². The molecule has 1 unspecified atom stereocenters. The quantitative estimate of drug-likeness (QED) is 0.638. The van der Waals surface area contributed by atoms with E-state index in [1.807, 2.05) is 6.92 Å². The van der Waals surface area contributed by atoms with Crippen LogP contribution >= 0.6 is 0 Å². The number of aliphatic carboxylic acids is 1. The monoisotopic (exact) mass is 260 g/mol. The van der Waals surface area contributed by atoms with Crippen molar-refractivity contribution in [1.29, 1.82) is 0 Å². The average Bonchev–Trinajstić information content (AvgIpc) is 2.27. The Hall–Kier alpha value is -1.30. The first-order chi connectivity index (χ1) is 8.24. The van der Waals surface area contributed by atoms with Gasteiger partial charge in [-0.3, -0.25) is 4.79 Å². The van der Waals surface area contributed by atoms with Crippen LogP contribution in [0.5, 0.6) is 0 Å². The van der Waals surface area contributed by atoms with E-state index in [1.54, 1.807) is 20.9 Å². The van der Waals surface area contributed by atoms with Gasteiger partial charge in [-0.05, 0) is 20.3 Å². The van der Waals surface area contributed by atoms with Gasteiger partial charge in [0.25, 0.3) is 0 Å². The molecule has 18 heavy (non-hydrogen) atoms. The van der Waals surface area contributed by atoms with Gasteiger partial charge in [-0.1, -0.05) is 13.3 Å². The predicted octanol–water partition coefficient (Wildman–Crippen LogP) is 1.04. The lowest BCUT2D eigenvalue weighted by atomic mass is 10.1. The summed E-state index contributed by atoms with van der Waals surface area (Å²) < 4.78 is 0. The first-order valence-electron chi connectivity index (χ1n) is 6.11. The number of likely N-dealkylation sites (N-methyl/N-ethyl adjacent to an activating group) is 1. The Kier molecular flexibility index (Phi) is 6.68. The molecule has 0 saturated heterocycles. The fourth-order valence-corrected chi connectivity index (χ4v) is 1.44. The highest BCUT2D eigenvalue weighted by Crippen LogP contribution is 2.12. The van der Waals surface area contributed by atoms with Gasteiger partial charge in [0.1, 0.15) is 0 Å². The van der Waals surface area contributed by atoms with Crippen molar-refractivity contribution in [3.05, 3.63) is 0 Å². The number of carbonyl (C=O) groups excluding carboxylic acids is 1. The van der Waals surface area contributed by atoms with E-state index in [9.17, 15) is 14.7 Å². The van der Waals surface area contributed by atoms with Crippen LogP contribution in [-0.2, 0) is 4.79 Å². The maximum absolute atomic E-state index is 11.9. The number of hydrogen-bond acceptors (Lipinski definition) is 3. The highest BCUT2D eigenvalue weighted by atomic mass is 16.4. The van der Waals surface area contributed by atoms with Crippen molar-refractivity contribution in [3.8, 4) is 0 Å². The van der Waals surface area contributed by atoms with Crippen molar-refractivity contribution in [1.82, 2.24) is 10.2 Å². The molecule has 0 fully saturated rings. The number of carboxylic acid groups (broad SMARTS) is 1. The predicted molar refractivity (Wildman–Crippen MR) is 68.4 cm³/mol. The van der Waals surface area contributed by atoms with Gasteiger partial charge in [0.2, 0.25) is 0 Å². The summed E-state index contributed by atoms with van der Waals surface area (Å²) in [5, 5.41) is 20.6. The normalized spacial score (nSPS) is 12.9. The van der Waals surface area contributed by atoms with Crippen molar-refractivity contribution in [2.45, 2.75) is 51.6 Å². The van der Waals surface area contributed by atoms with E-state index < -0.39 is 11.5 Å². The van der Waals surface area contributed by atoms with Crippen molar-refractivity contribution >= 4 is 12.0 Å². The summed E-state index contributed by atoms with van der Waals surface area (Å²) in [5.74, 6) is -0.933. The molecule has 0 saturated carbocycles. The summed E-state index contributed by atoms with van der Waals surface area (Å²) in [4.78, 5) is 24.0. The number of hydrogen-bond donors (Lipinski definition) is 3. The maximum atomic E-state index is 11.9. The first kappa shape index (κ1) is 16.7. The Morgan fingerprint density at radius 3 is 2.33 bits per heavy atom. The van der Waals surface area contributed by atoms with Crippen LogP contribution in [0.2, 0.25) is 0 Å². The lowest BCUT2D eigenvalue weighted by Crippen LogP contribution is -2.53. The van der Waals surface area contributed by atoms with Crippen LogP contribution in [0.15, 0.2) is 0 Å². The lowest BCUT2D eigenvalue weighted by molar-refractivity contribution is -0.137. The fraction of sp³-hybridized carbons (Fsp3) is 0.833. The summed E-state index contributed by atoms with van der Waals surface area (Å²) in [6, 6.07) is -0.745. The smallest absolute Gasteiger partial charge is 0.317 e. The van der Waals surface area contributed by atoms with Gasteiger partial charge in [-0.15, -0.1) is 0 Å². The number of rotatable bonds is 7. The van der Waals surface area contributed by atoms with Crippen molar-refractivity contribution in [3.63, 3.8) is 0 Å². The molecule has 0 aliphatic carbocycles. The molecule has 6 heteroatoms. The largest absolute Gasteiger partial charge is 0.481 e. The second kappa shape index (κ2) is 7.20. The molecule has 3 N–H and O–H groups in total. The molecular formula is C12H24N2O4. The molecule has 0 bridgehead atoms. The molecule has 1 atom stereocenters. The second-order valence-corrected chi connectivity index (χ2v) is 5.06. The Labute approximate surface area is 108 Å². The molecule has 0 spiro atoms. The number of urea groups is 1. The first-order valence-corrected chi connectivity index (χ1v) is 6.11. The molecular weight excluding hydrogens is 236 g/mol. The highest BCUT2D eigenvalue weighted by molar-refractivity contribution is 5.76. The molecule has 0 radical (unpaired) electrons. The zero-order valence-electron chi connectivity index (χ0n) is 11.6. The fourth-order valence-electron chi connectivity index (χ4n) is 1.44. The third-order valence-corrected chi connectivity index (χ3v) is 2.99. The van der Waals surface area contributed by atoms with E-state index in [0.29, 0.717) is 6.42 Å². The van der Waals surface area contributed by atoms with Crippen LogP contribution in [0, 0.1) is 0 Å². The minimum absolute atomic E-state index is 0.0903. The Morgan fingerprint density at radius 1 is 1.39 bits per heavy atom. The van der Waals surface area contributed by atoms with Gasteiger partial charge in [-0.2, -0.15) is 0 Å². The van der Waals surface area contributed by atoms with Crippen LogP contribution in [-0.4, -0.2) is 52.3 Å². The third-order valence-electron chi connectivity index (χ3n) is 2.99. The molecule has 0 aromatic heterocycles. The summed E-state index contributed by atoms with van der Waals surface area (Å²) >= 11 is 0. The van der Waals surface area contributed by atoms with E-state index in [0.717, 1.165) is 6.42 Å². The van der Waals surface area contributed by atoms with Gasteiger partial charge < -0.3 is 20.4 Å². The summed E-state index contributed by atoms with van der Waals surface area (Å²) in [5.41, 5.74) is -0.677. The van der Waals surface area contributed by atoms with Crippen LogP contribution in [0.1, 0.15) is 40.0 Å². The van der Waals surface area contributed by atoms with Gasteiger partial charge in [0.15, 0.2) is 0 Å². The topological polar surface area (TPSA) is 89.9 Å². The summed E-state index contributed by atoms with van der Waals surface area (Å²) in [6.07, 6.45) is 1.32. The molecule has 0 aliphatic rings. The molecule has 6 nitrogen and oxygen atoms in total. The SMILES string of the molecule is CCCC(CC(=O)O)NC(=O)N(C)C(C)(C)CO. The van der Waals surface area contributed by atoms with E-state index >= 15 is 0 Å². The minimum Gasteiger partial charge on any atom is -0.481 e. The summed E-state index contributed by atoms with van der Waals surface area (Å²) in [6.45, 7) is 5.24. The van der Waals surface area contributed by atoms with Crippen molar-refractivity contribution < 1.29 is 19.8 Å². The molecule has 0 rings (SSSR count). The molecule has 0 heterocycles. The number of aliphatic hydroxyl groups is 1. The highest BCUT2D eigenvalue weighted by Gasteiger charge is 2.28. The summed E-state index contributed by atoms with van der Waals surface area (Å²) in [7, 11) is 1.58. The standard InChI is InChI=1S/C12H24N2O4/c1-5-6-9(7-10(16)17)13-11(18)14(4)12(2,3)8-15/h9,15H,5-8H2,1-4H3,(H,13,18)(H,16,17). The Bertz CT molecular complexity index is 292. The number of nitrogens with zero attached hydrogens (tertiary/aromatic N) is 1. The van der Waals surface area contributed by atoms with Gasteiger partial charge in [-0.25, -0.2) is 4.79 Å². The van der Waals surface area contributed by atoms with Crippen LogP contribution in [0.4, 0.5) is 4.79 Å². The number of carbonyl (C=O) groups is 2. The van der Waals surface area contributed by atoms with Crippen LogP contribution in [0.3, 0.4) is 0 Å². The van der Waals surface area contributed by atoms with Crippen molar-refractivity contribution in [2.24, 2.45) is 0 Å².